The summed E-state index contributed by atoms with van der Waals surface area (Å²) in [4.78, 5) is 26.3. The Morgan fingerprint density at radius 3 is 2.74 bits per heavy atom. The van der Waals surface area contributed by atoms with Crippen molar-refractivity contribution in [1.82, 2.24) is 4.90 Å². The van der Waals surface area contributed by atoms with E-state index in [1.807, 2.05) is 25.3 Å². The number of aliphatic carboxylic acids is 1. The van der Waals surface area contributed by atoms with Crippen LogP contribution in [0.4, 0.5) is 0 Å². The predicted octanol–water partition coefficient (Wildman–Crippen LogP) is 3.28. The smallest absolute Gasteiger partial charge is 0.308 e. The molecule has 2 atom stereocenters. The van der Waals surface area contributed by atoms with E-state index in [1.54, 1.807) is 4.90 Å². The van der Waals surface area contributed by atoms with Crippen LogP contribution in [0.5, 0.6) is 0 Å². The molecule has 1 fully saturated rings. The number of thiophene rings is 1. The zero-order chi connectivity index (χ0) is 14.2. The van der Waals surface area contributed by atoms with E-state index in [-0.39, 0.29) is 18.0 Å². The molecule has 0 radical (unpaired) electrons. The van der Waals surface area contributed by atoms with Crippen LogP contribution in [0, 0.1) is 5.92 Å². The SMILES string of the molecule is CC(C)N1C(=O)CCC(C(=O)O)C1c1sccc1Br. The minimum Gasteiger partial charge on any atom is -0.481 e. The van der Waals surface area contributed by atoms with E-state index in [0.717, 1.165) is 9.35 Å². The highest BCUT2D eigenvalue weighted by atomic mass is 79.9. The Bertz CT molecular complexity index is 500. The molecule has 1 aromatic heterocycles. The summed E-state index contributed by atoms with van der Waals surface area (Å²) < 4.78 is 0.883. The highest BCUT2D eigenvalue weighted by Crippen LogP contribution is 2.43. The van der Waals surface area contributed by atoms with Gasteiger partial charge in [0.1, 0.15) is 0 Å². The van der Waals surface area contributed by atoms with Crippen LogP contribution in [0.2, 0.25) is 0 Å². The van der Waals surface area contributed by atoms with Crippen molar-refractivity contribution in [2.75, 3.05) is 0 Å². The molecule has 6 heteroatoms. The van der Waals surface area contributed by atoms with Gasteiger partial charge in [0.25, 0.3) is 0 Å². The number of carbonyl (C=O) groups is 2. The van der Waals surface area contributed by atoms with Gasteiger partial charge in [0.15, 0.2) is 0 Å². The number of rotatable bonds is 3. The standard InChI is InChI=1S/C13H16BrNO3S/c1-7(2)15-10(16)4-3-8(13(17)18)11(15)12-9(14)5-6-19-12/h5-8,11H,3-4H2,1-2H3,(H,17,18). The highest BCUT2D eigenvalue weighted by molar-refractivity contribution is 9.10. The van der Waals surface area contributed by atoms with Gasteiger partial charge in [-0.1, -0.05) is 0 Å². The molecule has 0 aliphatic carbocycles. The van der Waals surface area contributed by atoms with Crippen LogP contribution < -0.4 is 0 Å². The monoisotopic (exact) mass is 345 g/mol. The minimum atomic E-state index is -0.830. The predicted molar refractivity (Wildman–Crippen MR) is 77.1 cm³/mol. The molecular formula is C13H16BrNO3S. The fraction of sp³-hybridized carbons (Fsp3) is 0.538. The molecular weight excluding hydrogens is 330 g/mol. The quantitative estimate of drug-likeness (QED) is 0.914. The van der Waals surface area contributed by atoms with Crippen LogP contribution in [0.3, 0.4) is 0 Å². The van der Waals surface area contributed by atoms with Crippen molar-refractivity contribution >= 4 is 39.1 Å². The molecule has 2 unspecified atom stereocenters. The normalized spacial score (nSPS) is 24.0. The number of carboxylic acids is 1. The maximum atomic E-state index is 12.1. The number of carboxylic acid groups (broad SMARTS) is 1. The molecule has 1 aliphatic heterocycles. The van der Waals surface area contributed by atoms with Gasteiger partial charge in [-0.3, -0.25) is 9.59 Å². The molecule has 2 heterocycles. The van der Waals surface area contributed by atoms with Crippen LogP contribution >= 0.6 is 27.3 Å². The van der Waals surface area contributed by atoms with Crippen molar-refractivity contribution in [3.05, 3.63) is 20.8 Å². The Labute approximate surface area is 124 Å². The topological polar surface area (TPSA) is 57.6 Å². The number of likely N-dealkylation sites (tertiary alicyclic amines) is 1. The van der Waals surface area contributed by atoms with Crippen LogP contribution in [0.15, 0.2) is 15.9 Å². The molecule has 104 valence electrons. The second-order valence-corrected chi connectivity index (χ2v) is 6.76. The summed E-state index contributed by atoms with van der Waals surface area (Å²) in [5.41, 5.74) is 0. The maximum absolute atomic E-state index is 12.1. The molecule has 0 bridgehead atoms. The summed E-state index contributed by atoms with van der Waals surface area (Å²) in [5, 5.41) is 11.3. The largest absolute Gasteiger partial charge is 0.481 e. The summed E-state index contributed by atoms with van der Waals surface area (Å²) in [6.45, 7) is 3.85. The van der Waals surface area contributed by atoms with Gasteiger partial charge in [-0.2, -0.15) is 0 Å². The Hall–Kier alpha value is -0.880. The van der Waals surface area contributed by atoms with Gasteiger partial charge in [0.05, 0.1) is 12.0 Å². The highest BCUT2D eigenvalue weighted by Gasteiger charge is 2.43. The van der Waals surface area contributed by atoms with Gasteiger partial charge in [-0.05, 0) is 47.6 Å². The number of nitrogens with zero attached hydrogens (tertiary/aromatic N) is 1. The molecule has 2 rings (SSSR count). The van der Waals surface area contributed by atoms with Crippen LogP contribution in [0.1, 0.15) is 37.6 Å². The van der Waals surface area contributed by atoms with E-state index < -0.39 is 11.9 Å². The first-order chi connectivity index (χ1) is 8.93. The van der Waals surface area contributed by atoms with Crippen molar-refractivity contribution in [3.63, 3.8) is 0 Å². The average molecular weight is 346 g/mol. The van der Waals surface area contributed by atoms with Crippen molar-refractivity contribution < 1.29 is 14.7 Å². The average Bonchev–Trinajstić information content (AvgIpc) is 2.73. The van der Waals surface area contributed by atoms with Crippen molar-refractivity contribution in [1.29, 1.82) is 0 Å². The molecule has 1 N–H and O–H groups in total. The second kappa shape index (κ2) is 5.63. The summed E-state index contributed by atoms with van der Waals surface area (Å²) in [5.74, 6) is -1.32. The van der Waals surface area contributed by atoms with Crippen LogP contribution in [-0.2, 0) is 9.59 Å². The molecule has 1 aromatic rings. The maximum Gasteiger partial charge on any atom is 0.308 e. The molecule has 1 amide bonds. The molecule has 19 heavy (non-hydrogen) atoms. The summed E-state index contributed by atoms with van der Waals surface area (Å²) in [6.07, 6.45) is 0.723. The third-order valence-electron chi connectivity index (χ3n) is 3.42. The van der Waals surface area contributed by atoms with Crippen LogP contribution in [0.25, 0.3) is 0 Å². The third kappa shape index (κ3) is 2.69. The van der Waals surface area contributed by atoms with Crippen LogP contribution in [-0.4, -0.2) is 27.9 Å². The third-order valence-corrected chi connectivity index (χ3v) is 5.37. The summed E-state index contributed by atoms with van der Waals surface area (Å²) in [7, 11) is 0. The van der Waals surface area contributed by atoms with Gasteiger partial charge < -0.3 is 10.0 Å². The van der Waals surface area contributed by atoms with E-state index in [0.29, 0.717) is 12.8 Å². The number of piperidine rings is 1. The Morgan fingerprint density at radius 2 is 2.26 bits per heavy atom. The minimum absolute atomic E-state index is 0.00588. The lowest BCUT2D eigenvalue weighted by atomic mass is 9.87. The molecule has 4 nitrogen and oxygen atoms in total. The number of amides is 1. The molecule has 1 saturated heterocycles. The fourth-order valence-electron chi connectivity index (χ4n) is 2.61. The van der Waals surface area contributed by atoms with E-state index >= 15 is 0 Å². The Balaban J connectivity index is 2.47. The zero-order valence-electron chi connectivity index (χ0n) is 10.8. The number of hydrogen-bond acceptors (Lipinski definition) is 3. The van der Waals surface area contributed by atoms with Crippen molar-refractivity contribution in [3.8, 4) is 0 Å². The second-order valence-electron chi connectivity index (χ2n) is 4.96. The first-order valence-electron chi connectivity index (χ1n) is 6.20. The van der Waals surface area contributed by atoms with Gasteiger partial charge >= 0.3 is 5.97 Å². The first-order valence-corrected chi connectivity index (χ1v) is 7.87. The summed E-state index contributed by atoms with van der Waals surface area (Å²) >= 11 is 4.95. The molecule has 1 aliphatic rings. The van der Waals surface area contributed by atoms with Gasteiger partial charge in [0, 0.05) is 21.8 Å². The molecule has 0 spiro atoms. The zero-order valence-corrected chi connectivity index (χ0v) is 13.2. The molecule has 0 aromatic carbocycles. The van der Waals surface area contributed by atoms with E-state index in [4.69, 9.17) is 0 Å². The van der Waals surface area contributed by atoms with E-state index in [2.05, 4.69) is 15.9 Å². The Kier molecular flexibility index (Phi) is 4.30. The van der Waals surface area contributed by atoms with E-state index in [9.17, 15) is 14.7 Å². The first kappa shape index (κ1) is 14.5. The Morgan fingerprint density at radius 1 is 1.58 bits per heavy atom. The lowest BCUT2D eigenvalue weighted by molar-refractivity contribution is -0.153. The van der Waals surface area contributed by atoms with Gasteiger partial charge in [-0.15, -0.1) is 11.3 Å². The van der Waals surface area contributed by atoms with Crippen molar-refractivity contribution in [2.24, 2.45) is 5.92 Å². The molecule has 0 saturated carbocycles. The number of hydrogen-bond donors (Lipinski definition) is 1. The lowest BCUT2D eigenvalue weighted by Crippen LogP contribution is -2.48. The number of carbonyl (C=O) groups excluding carboxylic acids is 1. The summed E-state index contributed by atoms with van der Waals surface area (Å²) in [6, 6.07) is 1.53. The lowest BCUT2D eigenvalue weighted by Gasteiger charge is -2.41. The van der Waals surface area contributed by atoms with Gasteiger partial charge in [-0.25, -0.2) is 0 Å². The number of halogens is 1. The van der Waals surface area contributed by atoms with E-state index in [1.165, 1.54) is 11.3 Å². The fourth-order valence-corrected chi connectivity index (χ4v) is 4.38. The van der Waals surface area contributed by atoms with Crippen molar-refractivity contribution in [2.45, 2.75) is 38.8 Å². The van der Waals surface area contributed by atoms with Gasteiger partial charge in [0.2, 0.25) is 5.91 Å².